The highest BCUT2D eigenvalue weighted by Crippen LogP contribution is 2.60. The van der Waals surface area contributed by atoms with Gasteiger partial charge in [-0.3, -0.25) is 0 Å². The van der Waals surface area contributed by atoms with Crippen molar-refractivity contribution in [2.45, 2.75) is 79.1 Å². The van der Waals surface area contributed by atoms with Gasteiger partial charge in [0.15, 0.2) is 0 Å². The number of fused-ring (bicyclic) bond motifs is 6. The summed E-state index contributed by atoms with van der Waals surface area (Å²) in [5, 5.41) is 5.25. The van der Waals surface area contributed by atoms with E-state index in [1.165, 1.54) is 73.3 Å². The van der Waals surface area contributed by atoms with Crippen LogP contribution in [-0.2, 0) is 10.8 Å². The number of hydrogen-bond acceptors (Lipinski definition) is 0. The van der Waals surface area contributed by atoms with Crippen LogP contribution in [-0.4, -0.2) is 0 Å². The Morgan fingerprint density at radius 2 is 1.20 bits per heavy atom. The minimum Gasteiger partial charge on any atom is -0.0619 e. The van der Waals surface area contributed by atoms with Crippen LogP contribution in [0.15, 0.2) is 91.0 Å². The van der Waals surface area contributed by atoms with E-state index in [2.05, 4.69) is 146 Å². The summed E-state index contributed by atoms with van der Waals surface area (Å²) >= 11 is 0. The first kappa shape index (κ1) is 26.5. The molecule has 5 aromatic rings. The van der Waals surface area contributed by atoms with E-state index in [0.717, 1.165) is 0 Å². The van der Waals surface area contributed by atoms with Crippen LogP contribution < -0.4 is 0 Å². The summed E-state index contributed by atoms with van der Waals surface area (Å²) in [4.78, 5) is 0. The molecule has 1 fully saturated rings. The van der Waals surface area contributed by atoms with Crippen LogP contribution in [0.4, 0.5) is 0 Å². The van der Waals surface area contributed by atoms with Gasteiger partial charge in [0.2, 0.25) is 0 Å². The predicted molar refractivity (Wildman–Crippen MR) is 178 cm³/mol. The third-order valence-corrected chi connectivity index (χ3v) is 12.0. The van der Waals surface area contributed by atoms with Gasteiger partial charge >= 0.3 is 0 Å². The first-order chi connectivity index (χ1) is 19.3. The summed E-state index contributed by atoms with van der Waals surface area (Å²) in [5.41, 5.74) is 10.7. The molecule has 2 unspecified atom stereocenters. The monoisotopic (exact) mass is 536 g/mol. The zero-order valence-corrected chi connectivity index (χ0v) is 26.2. The predicted octanol–water partition coefficient (Wildman–Crippen LogP) is 11.7. The minimum absolute atomic E-state index is 0.00600. The van der Waals surface area contributed by atoms with Crippen LogP contribution in [0.3, 0.4) is 0 Å². The van der Waals surface area contributed by atoms with Gasteiger partial charge in [0, 0.05) is 5.41 Å². The van der Waals surface area contributed by atoms with Crippen LogP contribution in [0.2, 0.25) is 0 Å². The van der Waals surface area contributed by atoms with E-state index < -0.39 is 0 Å². The van der Waals surface area contributed by atoms with E-state index in [1.807, 2.05) is 0 Å². The molecule has 0 radical (unpaired) electrons. The molecule has 0 N–H and O–H groups in total. The maximum absolute atomic E-state index is 2.57. The Kier molecular flexibility index (Phi) is 5.54. The van der Waals surface area contributed by atoms with Gasteiger partial charge in [0.25, 0.3) is 0 Å². The van der Waals surface area contributed by atoms with Gasteiger partial charge in [0.1, 0.15) is 0 Å². The highest BCUT2D eigenvalue weighted by atomic mass is 14.6. The molecule has 0 saturated heterocycles. The van der Waals surface area contributed by atoms with Crippen molar-refractivity contribution in [3.63, 3.8) is 0 Å². The van der Waals surface area contributed by atoms with Gasteiger partial charge in [-0.15, -0.1) is 0 Å². The molecule has 0 heterocycles. The Labute approximate surface area is 246 Å². The van der Waals surface area contributed by atoms with Crippen molar-refractivity contribution >= 4 is 21.5 Å². The van der Waals surface area contributed by atoms with E-state index in [1.54, 1.807) is 0 Å². The molecule has 0 amide bonds. The lowest BCUT2D eigenvalue weighted by molar-refractivity contribution is -0.0380. The average Bonchev–Trinajstić information content (AvgIpc) is 3.17. The Bertz CT molecular complexity index is 1850. The molecule has 208 valence electrons. The molecule has 1 saturated carbocycles. The van der Waals surface area contributed by atoms with Crippen molar-refractivity contribution in [1.29, 1.82) is 0 Å². The van der Waals surface area contributed by atoms with Gasteiger partial charge in [-0.2, -0.15) is 0 Å². The second-order valence-corrected chi connectivity index (χ2v) is 15.3. The molecule has 41 heavy (non-hydrogen) atoms. The molecule has 0 heteroatoms. The summed E-state index contributed by atoms with van der Waals surface area (Å²) in [7, 11) is 0. The average molecular weight is 537 g/mol. The van der Waals surface area contributed by atoms with Gasteiger partial charge in [0.05, 0.1) is 0 Å². The Hall–Kier alpha value is -3.38. The smallest absolute Gasteiger partial charge is 0.0158 e. The first-order valence-electron chi connectivity index (χ1n) is 15.5. The standard InChI is InChI=1S/C41H44/c1-26-24-41(8,25-38(2,3)40(26,6)7)31-17-20-37-35(23-31)34-22-29(16-19-36(34)39(37,4)5)28-15-18-33-30(21-28)14-13-27-11-9-10-12-32(27)33/h9-23,26H,24-25H2,1-8H3. The second kappa shape index (κ2) is 8.57. The highest BCUT2D eigenvalue weighted by Gasteiger charge is 2.51. The lowest BCUT2D eigenvalue weighted by atomic mass is 9.48. The molecule has 2 aliphatic carbocycles. The maximum atomic E-state index is 2.57. The third kappa shape index (κ3) is 3.79. The summed E-state index contributed by atoms with van der Waals surface area (Å²) in [5.74, 6) is 0.671. The van der Waals surface area contributed by atoms with Crippen molar-refractivity contribution in [1.82, 2.24) is 0 Å². The molecule has 0 spiro atoms. The number of hydrogen-bond donors (Lipinski definition) is 0. The summed E-state index contributed by atoms with van der Waals surface area (Å²) in [6, 6.07) is 34.9. The zero-order valence-electron chi connectivity index (χ0n) is 26.2. The largest absolute Gasteiger partial charge is 0.0619 e. The van der Waals surface area contributed by atoms with Gasteiger partial charge in [-0.05, 0) is 108 Å². The van der Waals surface area contributed by atoms with Crippen molar-refractivity contribution in [2.75, 3.05) is 0 Å². The van der Waals surface area contributed by atoms with Gasteiger partial charge in [-0.25, -0.2) is 0 Å². The molecule has 7 rings (SSSR count). The molecule has 0 aromatic heterocycles. The van der Waals surface area contributed by atoms with Crippen LogP contribution in [0, 0.1) is 16.7 Å². The summed E-state index contributed by atoms with van der Waals surface area (Å²) < 4.78 is 0. The SMILES string of the molecule is CC1CC(C)(c2ccc3c(c2)-c2cc(-c4ccc5c(ccc6ccccc65)c4)ccc2C3(C)C)CC(C)(C)C1(C)C. The third-order valence-electron chi connectivity index (χ3n) is 12.0. The lowest BCUT2D eigenvalue weighted by Gasteiger charge is -2.57. The normalized spacial score (nSPS) is 23.9. The van der Waals surface area contributed by atoms with Crippen LogP contribution in [0.1, 0.15) is 84.9 Å². The molecule has 5 aromatic carbocycles. The van der Waals surface area contributed by atoms with E-state index in [9.17, 15) is 0 Å². The number of benzene rings is 5. The maximum Gasteiger partial charge on any atom is 0.0158 e. The Morgan fingerprint density at radius 3 is 1.95 bits per heavy atom. The molecule has 2 aliphatic rings. The van der Waals surface area contributed by atoms with E-state index in [0.29, 0.717) is 11.3 Å². The number of rotatable bonds is 2. The van der Waals surface area contributed by atoms with Crippen molar-refractivity contribution < 1.29 is 0 Å². The van der Waals surface area contributed by atoms with E-state index in [-0.39, 0.29) is 16.2 Å². The zero-order chi connectivity index (χ0) is 28.9. The topological polar surface area (TPSA) is 0 Å². The minimum atomic E-state index is 0.00600. The molecule has 2 atom stereocenters. The van der Waals surface area contributed by atoms with Crippen LogP contribution >= 0.6 is 0 Å². The summed E-state index contributed by atoms with van der Waals surface area (Å²) in [6.45, 7) is 19.7. The van der Waals surface area contributed by atoms with Crippen LogP contribution in [0.5, 0.6) is 0 Å². The fourth-order valence-electron chi connectivity index (χ4n) is 8.61. The quantitative estimate of drug-likeness (QED) is 0.197. The molecular weight excluding hydrogens is 492 g/mol. The lowest BCUT2D eigenvalue weighted by Crippen LogP contribution is -2.49. The molecular formula is C41H44. The van der Waals surface area contributed by atoms with Crippen molar-refractivity contribution in [3.05, 3.63) is 108 Å². The van der Waals surface area contributed by atoms with E-state index >= 15 is 0 Å². The molecule has 0 nitrogen and oxygen atoms in total. The van der Waals surface area contributed by atoms with E-state index in [4.69, 9.17) is 0 Å². The Morgan fingerprint density at radius 1 is 0.585 bits per heavy atom. The second-order valence-electron chi connectivity index (χ2n) is 15.3. The van der Waals surface area contributed by atoms with Crippen molar-refractivity contribution in [2.24, 2.45) is 16.7 Å². The highest BCUT2D eigenvalue weighted by molar-refractivity contribution is 6.08. The summed E-state index contributed by atoms with van der Waals surface area (Å²) in [6.07, 6.45) is 2.46. The Balaban J connectivity index is 1.33. The van der Waals surface area contributed by atoms with Crippen LogP contribution in [0.25, 0.3) is 43.8 Å². The fourth-order valence-corrected chi connectivity index (χ4v) is 8.61. The molecule has 0 aliphatic heterocycles. The first-order valence-corrected chi connectivity index (χ1v) is 15.5. The van der Waals surface area contributed by atoms with Gasteiger partial charge < -0.3 is 0 Å². The van der Waals surface area contributed by atoms with Crippen molar-refractivity contribution in [3.8, 4) is 22.3 Å². The van der Waals surface area contributed by atoms with Gasteiger partial charge in [-0.1, -0.05) is 134 Å². The molecule has 0 bridgehead atoms. The fraction of sp³-hybridized carbons (Fsp3) is 0.366.